The number of H-pyrrole nitrogens is 1. The van der Waals surface area contributed by atoms with Crippen molar-refractivity contribution < 1.29 is 18.3 Å². The molecule has 0 aliphatic carbocycles. The third kappa shape index (κ3) is 3.18. The molecule has 1 saturated heterocycles. The number of carbonyl (C=O) groups is 1. The van der Waals surface area contributed by atoms with E-state index in [1.807, 2.05) is 0 Å². The summed E-state index contributed by atoms with van der Waals surface area (Å²) in [5.41, 5.74) is 0.540. The van der Waals surface area contributed by atoms with Gasteiger partial charge in [-0.05, 0) is 32.1 Å². The van der Waals surface area contributed by atoms with Crippen LogP contribution in [-0.2, 0) is 14.8 Å². The van der Waals surface area contributed by atoms with Gasteiger partial charge in [-0.25, -0.2) is 8.42 Å². The van der Waals surface area contributed by atoms with Gasteiger partial charge >= 0.3 is 5.97 Å². The highest BCUT2D eigenvalue weighted by Gasteiger charge is 2.31. The molecule has 0 aromatic carbocycles. The molecule has 7 nitrogen and oxygen atoms in total. The van der Waals surface area contributed by atoms with E-state index < -0.39 is 16.0 Å². The Morgan fingerprint density at radius 1 is 1.50 bits per heavy atom. The predicted octanol–water partition coefficient (Wildman–Crippen LogP) is 0.984. The third-order valence-electron chi connectivity index (χ3n) is 3.74. The molecule has 1 aromatic heterocycles. The highest BCUT2D eigenvalue weighted by molar-refractivity contribution is 7.89. The first-order valence-electron chi connectivity index (χ1n) is 6.63. The Hall–Kier alpha value is -1.41. The lowest BCUT2D eigenvalue weighted by atomic mass is 9.93. The summed E-state index contributed by atoms with van der Waals surface area (Å²) in [7, 11) is -3.48. The van der Waals surface area contributed by atoms with Crippen LogP contribution in [0.15, 0.2) is 11.1 Å². The number of nitrogens with one attached hydrogen (secondary N) is 1. The summed E-state index contributed by atoms with van der Waals surface area (Å²) in [6.07, 6.45) is 3.53. The van der Waals surface area contributed by atoms with Crippen molar-refractivity contribution >= 4 is 16.0 Å². The summed E-state index contributed by atoms with van der Waals surface area (Å²) >= 11 is 0. The third-order valence-corrected chi connectivity index (χ3v) is 5.75. The first kappa shape index (κ1) is 15.0. The number of aromatic amines is 1. The molecule has 2 heterocycles. The van der Waals surface area contributed by atoms with Crippen LogP contribution in [0, 0.1) is 12.8 Å². The second-order valence-corrected chi connectivity index (χ2v) is 7.05. The quantitative estimate of drug-likeness (QED) is 0.844. The smallest absolute Gasteiger partial charge is 0.303 e. The fraction of sp³-hybridized carbons (Fsp3) is 0.667. The Morgan fingerprint density at radius 2 is 2.15 bits per heavy atom. The Kier molecular flexibility index (Phi) is 4.44. The summed E-state index contributed by atoms with van der Waals surface area (Å²) < 4.78 is 26.3. The molecule has 0 amide bonds. The van der Waals surface area contributed by atoms with E-state index in [4.69, 9.17) is 5.11 Å². The lowest BCUT2D eigenvalue weighted by Gasteiger charge is -2.30. The van der Waals surface area contributed by atoms with Gasteiger partial charge in [0, 0.05) is 19.5 Å². The monoisotopic (exact) mass is 301 g/mol. The number of hydrogen-bond donors (Lipinski definition) is 2. The number of nitrogens with zero attached hydrogens (tertiary/aromatic N) is 2. The van der Waals surface area contributed by atoms with Crippen LogP contribution in [0.25, 0.3) is 0 Å². The van der Waals surface area contributed by atoms with Gasteiger partial charge in [0.25, 0.3) is 0 Å². The van der Waals surface area contributed by atoms with Crippen LogP contribution in [0.5, 0.6) is 0 Å². The van der Waals surface area contributed by atoms with Crippen molar-refractivity contribution in [3.05, 3.63) is 11.9 Å². The largest absolute Gasteiger partial charge is 0.481 e. The zero-order chi connectivity index (χ0) is 14.8. The fourth-order valence-corrected chi connectivity index (χ4v) is 4.09. The summed E-state index contributed by atoms with van der Waals surface area (Å²) in [5, 5.41) is 15.0. The molecule has 0 spiro atoms. The first-order chi connectivity index (χ1) is 9.41. The van der Waals surface area contributed by atoms with Crippen LogP contribution < -0.4 is 0 Å². The minimum Gasteiger partial charge on any atom is -0.481 e. The first-order valence-corrected chi connectivity index (χ1v) is 8.07. The zero-order valence-electron chi connectivity index (χ0n) is 11.4. The molecular formula is C12H19N3O4S. The molecule has 20 heavy (non-hydrogen) atoms. The van der Waals surface area contributed by atoms with Crippen molar-refractivity contribution in [1.82, 2.24) is 14.5 Å². The molecule has 0 bridgehead atoms. The van der Waals surface area contributed by atoms with Crippen molar-refractivity contribution in [1.29, 1.82) is 0 Å². The molecule has 1 aromatic rings. The van der Waals surface area contributed by atoms with Crippen LogP contribution in [-0.4, -0.2) is 47.1 Å². The molecular weight excluding hydrogens is 282 g/mol. The lowest BCUT2D eigenvalue weighted by Crippen LogP contribution is -2.38. The SMILES string of the molecule is Cc1[nH]ncc1S(=O)(=O)N1CCC(CCC(=O)O)CC1. The highest BCUT2D eigenvalue weighted by atomic mass is 32.2. The second kappa shape index (κ2) is 5.92. The van der Waals surface area contributed by atoms with Gasteiger partial charge < -0.3 is 5.11 Å². The minimum absolute atomic E-state index is 0.151. The molecule has 8 heteroatoms. The van der Waals surface area contributed by atoms with Crippen LogP contribution in [0.2, 0.25) is 0 Å². The molecule has 0 atom stereocenters. The number of rotatable bonds is 5. The number of piperidine rings is 1. The summed E-state index contributed by atoms with van der Waals surface area (Å²) in [6.45, 7) is 2.56. The van der Waals surface area contributed by atoms with Crippen LogP contribution in [0.4, 0.5) is 0 Å². The molecule has 0 unspecified atom stereocenters. The van der Waals surface area contributed by atoms with E-state index in [1.165, 1.54) is 10.5 Å². The van der Waals surface area contributed by atoms with Gasteiger partial charge in [0.05, 0.1) is 11.9 Å². The second-order valence-electron chi connectivity index (χ2n) is 5.14. The van der Waals surface area contributed by atoms with Crippen molar-refractivity contribution in [2.75, 3.05) is 13.1 Å². The van der Waals surface area contributed by atoms with Crippen LogP contribution in [0.3, 0.4) is 0 Å². The van der Waals surface area contributed by atoms with E-state index in [9.17, 15) is 13.2 Å². The summed E-state index contributed by atoms with van der Waals surface area (Å²) in [4.78, 5) is 10.8. The van der Waals surface area contributed by atoms with E-state index in [2.05, 4.69) is 10.2 Å². The van der Waals surface area contributed by atoms with Gasteiger partial charge in [0.1, 0.15) is 4.90 Å². The highest BCUT2D eigenvalue weighted by Crippen LogP contribution is 2.26. The van der Waals surface area contributed by atoms with Crippen LogP contribution in [0.1, 0.15) is 31.4 Å². The van der Waals surface area contributed by atoms with Crippen molar-refractivity contribution in [2.24, 2.45) is 5.92 Å². The Balaban J connectivity index is 1.97. The Labute approximate surface area is 118 Å². The van der Waals surface area contributed by atoms with Gasteiger partial charge in [-0.3, -0.25) is 9.89 Å². The van der Waals surface area contributed by atoms with E-state index in [0.29, 0.717) is 44.0 Å². The molecule has 0 saturated carbocycles. The van der Waals surface area contributed by atoms with Gasteiger partial charge in [-0.15, -0.1) is 0 Å². The molecule has 2 N–H and O–H groups in total. The van der Waals surface area contributed by atoms with Crippen molar-refractivity contribution in [3.8, 4) is 0 Å². The normalized spacial score (nSPS) is 18.2. The standard InChI is InChI=1S/C12H19N3O4S/c1-9-11(8-13-14-9)20(18,19)15-6-4-10(5-7-15)2-3-12(16)17/h8,10H,2-7H2,1H3,(H,13,14)(H,16,17). The number of aryl methyl sites for hydroxylation is 1. The molecule has 2 rings (SSSR count). The number of aliphatic carboxylic acids is 1. The Bertz CT molecular complexity index is 573. The minimum atomic E-state index is -3.48. The maximum Gasteiger partial charge on any atom is 0.303 e. The summed E-state index contributed by atoms with van der Waals surface area (Å²) in [6, 6.07) is 0. The number of aromatic nitrogens is 2. The fourth-order valence-electron chi connectivity index (χ4n) is 2.50. The Morgan fingerprint density at radius 3 is 2.65 bits per heavy atom. The molecule has 1 aliphatic rings. The van der Waals surface area contributed by atoms with Gasteiger partial charge in [0.2, 0.25) is 10.0 Å². The van der Waals surface area contributed by atoms with Gasteiger partial charge in [0.15, 0.2) is 0 Å². The predicted molar refractivity (Wildman–Crippen MR) is 71.7 cm³/mol. The van der Waals surface area contributed by atoms with Crippen molar-refractivity contribution in [2.45, 2.75) is 37.5 Å². The number of hydrogen-bond acceptors (Lipinski definition) is 4. The molecule has 112 valence electrons. The number of sulfonamides is 1. The average Bonchev–Trinajstić information content (AvgIpc) is 2.84. The van der Waals surface area contributed by atoms with E-state index in [1.54, 1.807) is 6.92 Å². The van der Waals surface area contributed by atoms with E-state index >= 15 is 0 Å². The maximum absolute atomic E-state index is 12.4. The number of carboxylic acids is 1. The van der Waals surface area contributed by atoms with E-state index in [-0.39, 0.29) is 11.3 Å². The molecule has 1 fully saturated rings. The van der Waals surface area contributed by atoms with Gasteiger partial charge in [-0.2, -0.15) is 9.40 Å². The molecule has 0 radical (unpaired) electrons. The topological polar surface area (TPSA) is 103 Å². The number of carboxylic acid groups (broad SMARTS) is 1. The van der Waals surface area contributed by atoms with Gasteiger partial charge in [-0.1, -0.05) is 0 Å². The molecule has 1 aliphatic heterocycles. The summed E-state index contributed by atoms with van der Waals surface area (Å²) in [5.74, 6) is -0.503. The van der Waals surface area contributed by atoms with Crippen LogP contribution >= 0.6 is 0 Å². The lowest BCUT2D eigenvalue weighted by molar-refractivity contribution is -0.137. The van der Waals surface area contributed by atoms with E-state index in [0.717, 1.165) is 0 Å². The maximum atomic E-state index is 12.4. The zero-order valence-corrected chi connectivity index (χ0v) is 12.2. The average molecular weight is 301 g/mol. The van der Waals surface area contributed by atoms with Crippen molar-refractivity contribution in [3.63, 3.8) is 0 Å².